The van der Waals surface area contributed by atoms with Crippen molar-refractivity contribution in [3.05, 3.63) is 29.3 Å². The molecule has 0 aliphatic heterocycles. The van der Waals surface area contributed by atoms with E-state index in [1.165, 1.54) is 0 Å². The van der Waals surface area contributed by atoms with Crippen molar-refractivity contribution < 1.29 is 63.1 Å². The van der Waals surface area contributed by atoms with E-state index in [-0.39, 0.29) is 59.3 Å². The van der Waals surface area contributed by atoms with Gasteiger partial charge in [-0.1, -0.05) is 0 Å². The van der Waals surface area contributed by atoms with Gasteiger partial charge in [-0.25, -0.2) is 17.7 Å². The standard InChI is InChI=1S/C8H8NO2P.W.Y/c1-5-2-3-6(8(9)10)4-7(5)11-12;;/h2H,12H2,1H3,(H2,9,10);;/q-2;;. The molecule has 0 aliphatic rings. The van der Waals surface area contributed by atoms with Crippen molar-refractivity contribution in [1.82, 2.24) is 0 Å². The average molecular weight is 454 g/mol. The molecule has 0 saturated heterocycles. The molecule has 1 aromatic carbocycles. The van der Waals surface area contributed by atoms with Gasteiger partial charge in [0.15, 0.2) is 0 Å². The van der Waals surface area contributed by atoms with Crippen molar-refractivity contribution in [2.45, 2.75) is 6.92 Å². The van der Waals surface area contributed by atoms with E-state index >= 15 is 0 Å². The molecule has 1 rings (SSSR count). The zero-order valence-electron chi connectivity index (χ0n) is 7.53. The van der Waals surface area contributed by atoms with Crippen LogP contribution >= 0.6 is 9.47 Å². The molecule has 1 radical (unpaired) electrons. The SMILES string of the molecule is Cc1c[c-]c(C(N)=O)[c-]c1OP.[W].[Y]. The van der Waals surface area contributed by atoms with Crippen LogP contribution in [0.2, 0.25) is 0 Å². The molecule has 1 amide bonds. The number of primary amides is 1. The number of nitrogens with two attached hydrogens (primary N) is 1. The van der Waals surface area contributed by atoms with Crippen LogP contribution in [-0.2, 0) is 53.8 Å². The number of aryl methyl sites for hydroxylation is 1. The van der Waals surface area contributed by atoms with Gasteiger partial charge in [-0.05, 0) is 5.75 Å². The molecule has 2 N–H and O–H groups in total. The van der Waals surface area contributed by atoms with E-state index in [4.69, 9.17) is 10.3 Å². The Morgan fingerprint density at radius 2 is 2.21 bits per heavy atom. The van der Waals surface area contributed by atoms with E-state index < -0.39 is 5.91 Å². The van der Waals surface area contributed by atoms with Crippen LogP contribution in [0.1, 0.15) is 15.9 Å². The maximum Gasteiger partial charge on any atom is 0.0712 e. The van der Waals surface area contributed by atoms with Crippen LogP contribution in [0.15, 0.2) is 6.07 Å². The predicted octanol–water partition coefficient (Wildman–Crippen LogP) is 0.858. The molecule has 0 heterocycles. The summed E-state index contributed by atoms with van der Waals surface area (Å²) in [6.45, 7) is 1.83. The molecule has 73 valence electrons. The summed E-state index contributed by atoms with van der Waals surface area (Å²) in [5.74, 6) is -0.0640. The van der Waals surface area contributed by atoms with Crippen LogP contribution in [0.25, 0.3) is 0 Å². The fraction of sp³-hybridized carbons (Fsp3) is 0.125. The van der Waals surface area contributed by atoms with Crippen LogP contribution < -0.4 is 10.3 Å². The quantitative estimate of drug-likeness (QED) is 0.533. The minimum Gasteiger partial charge on any atom is -0.518 e. The summed E-state index contributed by atoms with van der Waals surface area (Å²) in [7, 11) is 2.08. The first-order valence-corrected chi connectivity index (χ1v) is 3.73. The Hall–Kier alpha value is 0.712. The van der Waals surface area contributed by atoms with Gasteiger partial charge in [0.1, 0.15) is 0 Å². The van der Waals surface area contributed by atoms with Gasteiger partial charge in [0.25, 0.3) is 0 Å². The molecule has 0 saturated carbocycles. The van der Waals surface area contributed by atoms with Crippen LogP contribution in [0.4, 0.5) is 0 Å². The summed E-state index contributed by atoms with van der Waals surface area (Å²) in [6.07, 6.45) is 0. The Labute approximate surface area is 125 Å². The molecule has 1 atom stereocenters. The van der Waals surface area contributed by atoms with Gasteiger partial charge in [0.2, 0.25) is 0 Å². The summed E-state index contributed by atoms with van der Waals surface area (Å²) >= 11 is 0. The molecule has 0 aromatic heterocycles. The topological polar surface area (TPSA) is 52.3 Å². The van der Waals surface area contributed by atoms with Gasteiger partial charge < -0.3 is 15.1 Å². The first kappa shape index (κ1) is 17.1. The fourth-order valence-corrected chi connectivity index (χ4v) is 0.994. The van der Waals surface area contributed by atoms with Crippen molar-refractivity contribution in [2.75, 3.05) is 0 Å². The summed E-state index contributed by atoms with van der Waals surface area (Å²) in [4.78, 5) is 10.7. The molecule has 0 spiro atoms. The second-order valence-corrected chi connectivity index (χ2v) is 2.52. The van der Waals surface area contributed by atoms with Gasteiger partial charge in [-0.2, -0.15) is 5.56 Å². The fourth-order valence-electron chi connectivity index (χ4n) is 0.749. The van der Waals surface area contributed by atoms with Crippen molar-refractivity contribution in [2.24, 2.45) is 5.73 Å². The predicted molar refractivity (Wildman–Crippen MR) is 47.7 cm³/mol. The van der Waals surface area contributed by atoms with Gasteiger partial charge in [0, 0.05) is 53.8 Å². The molecular formula is C8H8NO2PWY-2. The van der Waals surface area contributed by atoms with Crippen LogP contribution in [0, 0.1) is 19.1 Å². The second-order valence-electron chi connectivity index (χ2n) is 2.28. The number of rotatable bonds is 2. The Bertz CT molecular complexity index is 322. The third kappa shape index (κ3) is 4.49. The van der Waals surface area contributed by atoms with E-state index in [1.54, 1.807) is 6.07 Å². The maximum atomic E-state index is 10.7. The van der Waals surface area contributed by atoms with E-state index in [1.807, 2.05) is 6.92 Å². The van der Waals surface area contributed by atoms with Crippen LogP contribution in [-0.4, -0.2) is 5.91 Å². The van der Waals surface area contributed by atoms with E-state index in [2.05, 4.69) is 21.6 Å². The van der Waals surface area contributed by atoms with Crippen molar-refractivity contribution >= 4 is 15.4 Å². The first-order valence-electron chi connectivity index (χ1n) is 3.26. The largest absolute Gasteiger partial charge is 0.518 e. The molecule has 6 heteroatoms. The van der Waals surface area contributed by atoms with E-state index in [0.717, 1.165) is 5.56 Å². The Morgan fingerprint density at radius 3 is 2.64 bits per heavy atom. The third-order valence-electron chi connectivity index (χ3n) is 1.39. The van der Waals surface area contributed by atoms with Crippen molar-refractivity contribution in [3.63, 3.8) is 0 Å². The Balaban J connectivity index is 0. The molecule has 3 nitrogen and oxygen atoms in total. The molecule has 1 aromatic rings. The number of carbonyl (C=O) groups excluding carboxylic acids is 1. The minimum absolute atomic E-state index is 0. The average Bonchev–Trinajstić information content (AvgIpc) is 2.05. The van der Waals surface area contributed by atoms with Gasteiger partial charge in [-0.15, -0.1) is 6.92 Å². The molecule has 0 fully saturated rings. The monoisotopic (exact) mass is 454 g/mol. The van der Waals surface area contributed by atoms with Gasteiger partial charge in [0.05, 0.1) is 15.4 Å². The van der Waals surface area contributed by atoms with Gasteiger partial charge in [-0.3, -0.25) is 6.07 Å². The zero-order valence-corrected chi connectivity index (χ0v) is 14.5. The second kappa shape index (κ2) is 7.93. The number of hydrogen-bond donors (Lipinski definition) is 1. The smallest absolute Gasteiger partial charge is 0.0712 e. The Kier molecular flexibility index (Phi) is 9.70. The molecule has 0 bridgehead atoms. The molecule has 1 unspecified atom stereocenters. The maximum absolute atomic E-state index is 10.7. The van der Waals surface area contributed by atoms with Gasteiger partial charge >= 0.3 is 0 Å². The van der Waals surface area contributed by atoms with Crippen LogP contribution in [0.3, 0.4) is 0 Å². The normalized spacial score (nSPS) is 8.14. The van der Waals surface area contributed by atoms with Crippen molar-refractivity contribution in [1.29, 1.82) is 0 Å². The van der Waals surface area contributed by atoms with Crippen molar-refractivity contribution in [3.8, 4) is 5.75 Å². The minimum atomic E-state index is -0.557. The third-order valence-corrected chi connectivity index (χ3v) is 1.63. The number of amides is 1. The number of carbonyl (C=O) groups is 1. The summed E-state index contributed by atoms with van der Waals surface area (Å²) in [5.41, 5.74) is 6.09. The molecule has 0 aliphatic carbocycles. The Morgan fingerprint density at radius 1 is 1.64 bits per heavy atom. The summed E-state index contributed by atoms with van der Waals surface area (Å²) in [6, 6.07) is 7.02. The number of benzene rings is 1. The van der Waals surface area contributed by atoms with E-state index in [0.29, 0.717) is 5.75 Å². The summed E-state index contributed by atoms with van der Waals surface area (Å²) in [5, 5.41) is 0. The molecular weight excluding hydrogens is 446 g/mol. The first-order chi connectivity index (χ1) is 5.65. The molecule has 14 heavy (non-hydrogen) atoms. The zero-order chi connectivity index (χ0) is 9.14. The van der Waals surface area contributed by atoms with Crippen LogP contribution in [0.5, 0.6) is 5.75 Å². The number of hydrogen-bond acceptors (Lipinski definition) is 2. The van der Waals surface area contributed by atoms with E-state index in [9.17, 15) is 4.79 Å². The summed E-state index contributed by atoms with van der Waals surface area (Å²) < 4.78 is 4.87.